The summed E-state index contributed by atoms with van der Waals surface area (Å²) in [5.41, 5.74) is 1.20. The van der Waals surface area contributed by atoms with Crippen LogP contribution in [-0.4, -0.2) is 24.2 Å². The van der Waals surface area contributed by atoms with Crippen LogP contribution in [0.3, 0.4) is 0 Å². The van der Waals surface area contributed by atoms with E-state index in [0.717, 1.165) is 16.2 Å². The lowest BCUT2D eigenvalue weighted by Crippen LogP contribution is -1.99. The van der Waals surface area contributed by atoms with Crippen LogP contribution in [0, 0.1) is 0 Å². The molecule has 2 nitrogen and oxygen atoms in total. The number of hydrogen-bond acceptors (Lipinski definition) is 2. The topological polar surface area (TPSA) is 18.5 Å². The first kappa shape index (κ1) is 8.72. The summed E-state index contributed by atoms with van der Waals surface area (Å²) < 4.78 is 10.0. The van der Waals surface area contributed by atoms with Crippen molar-refractivity contribution in [2.45, 2.75) is 13.8 Å². The van der Waals surface area contributed by atoms with Gasteiger partial charge in [0, 0.05) is 7.11 Å². The summed E-state index contributed by atoms with van der Waals surface area (Å²) in [7, 11) is 2.42. The Balaban J connectivity index is 3.83. The minimum absolute atomic E-state index is 0.603. The molecule has 0 aliphatic rings. The van der Waals surface area contributed by atoms with E-state index in [4.69, 9.17) is 9.16 Å². The predicted octanol–water partition coefficient (Wildman–Crippen LogP) is 0.224. The second-order valence-corrected chi connectivity index (χ2v) is 2.47. The summed E-state index contributed by atoms with van der Waals surface area (Å²) in [6.45, 7) is 4.64. The average Bonchev–Trinajstić information content (AvgIpc) is 1.82. The molecule has 0 saturated heterocycles. The number of ether oxygens (including phenoxy) is 1. The van der Waals surface area contributed by atoms with Crippen molar-refractivity contribution in [2.24, 2.45) is 0 Å². The first-order chi connectivity index (χ1) is 4.22. The predicted molar refractivity (Wildman–Crippen MR) is 41.3 cm³/mol. The van der Waals surface area contributed by atoms with E-state index in [2.05, 4.69) is 0 Å². The quantitative estimate of drug-likeness (QED) is 0.419. The summed E-state index contributed by atoms with van der Waals surface area (Å²) in [4.78, 5) is 0. The molecule has 0 saturated carbocycles. The van der Waals surface area contributed by atoms with Gasteiger partial charge in [-0.25, -0.2) is 0 Å². The zero-order valence-electron chi connectivity index (χ0n) is 6.52. The Morgan fingerprint density at radius 3 is 2.11 bits per heavy atom. The van der Waals surface area contributed by atoms with E-state index in [0.29, 0.717) is 6.61 Å². The van der Waals surface area contributed by atoms with E-state index in [-0.39, 0.29) is 0 Å². The molecule has 0 unspecified atom stereocenters. The highest BCUT2D eigenvalue weighted by molar-refractivity contribution is 5.98. The van der Waals surface area contributed by atoms with E-state index >= 15 is 0 Å². The fourth-order valence-corrected chi connectivity index (χ4v) is 1.06. The molecule has 0 aliphatic carbocycles. The van der Waals surface area contributed by atoms with Crippen LogP contribution in [0.15, 0.2) is 11.3 Å². The molecule has 3 heteroatoms. The van der Waals surface area contributed by atoms with E-state index < -0.39 is 0 Å². The largest absolute Gasteiger partial charge is 0.554 e. The molecule has 0 bridgehead atoms. The maximum Gasteiger partial charge on any atom is 0.203 e. The standard InChI is InChI=1S/C6H14O2Si/c1-5(2)6(8-9)4-7-3/h4H2,1-3,9H3. The normalized spacial score (nSPS) is 9.22. The first-order valence-electron chi connectivity index (χ1n) is 2.91. The molecule has 0 rings (SSSR count). The average molecular weight is 146 g/mol. The van der Waals surface area contributed by atoms with Gasteiger partial charge < -0.3 is 9.16 Å². The fraction of sp³-hybridized carbons (Fsp3) is 0.667. The molecule has 0 N–H and O–H groups in total. The third-order valence-corrected chi connectivity index (χ3v) is 1.57. The van der Waals surface area contributed by atoms with Gasteiger partial charge in [-0.3, -0.25) is 0 Å². The lowest BCUT2D eigenvalue weighted by molar-refractivity contribution is 0.191. The molecular weight excluding hydrogens is 132 g/mol. The summed E-state index contributed by atoms with van der Waals surface area (Å²) in [6.07, 6.45) is 0. The number of rotatable bonds is 3. The zero-order valence-corrected chi connectivity index (χ0v) is 8.52. The van der Waals surface area contributed by atoms with Gasteiger partial charge in [0.1, 0.15) is 12.4 Å². The molecule has 54 valence electrons. The lowest BCUT2D eigenvalue weighted by Gasteiger charge is -2.06. The van der Waals surface area contributed by atoms with Crippen molar-refractivity contribution in [2.75, 3.05) is 13.7 Å². The summed E-state index contributed by atoms with van der Waals surface area (Å²) >= 11 is 0. The first-order valence-corrected chi connectivity index (χ1v) is 3.73. The molecule has 0 aromatic heterocycles. The van der Waals surface area contributed by atoms with Crippen molar-refractivity contribution in [1.29, 1.82) is 0 Å². The summed E-state index contributed by atoms with van der Waals surface area (Å²) in [6, 6.07) is 0. The van der Waals surface area contributed by atoms with Crippen LogP contribution < -0.4 is 0 Å². The van der Waals surface area contributed by atoms with Crippen LogP contribution in [0.4, 0.5) is 0 Å². The van der Waals surface area contributed by atoms with Crippen LogP contribution in [0.2, 0.25) is 0 Å². The highest BCUT2D eigenvalue weighted by Crippen LogP contribution is 2.02. The van der Waals surface area contributed by atoms with Crippen molar-refractivity contribution in [3.05, 3.63) is 11.3 Å². The van der Waals surface area contributed by atoms with Crippen molar-refractivity contribution in [1.82, 2.24) is 0 Å². The Bertz CT molecular complexity index is 106. The Hall–Kier alpha value is -0.283. The van der Waals surface area contributed by atoms with Gasteiger partial charge in [-0.15, -0.1) is 0 Å². The van der Waals surface area contributed by atoms with Gasteiger partial charge >= 0.3 is 0 Å². The van der Waals surface area contributed by atoms with Crippen LogP contribution in [0.5, 0.6) is 0 Å². The highest BCUT2D eigenvalue weighted by Gasteiger charge is 1.94. The second kappa shape index (κ2) is 4.58. The molecule has 0 heterocycles. The minimum atomic E-state index is 0.603. The molecule has 0 radical (unpaired) electrons. The molecule has 0 aliphatic heterocycles. The van der Waals surface area contributed by atoms with Crippen LogP contribution in [0.25, 0.3) is 0 Å². The molecule has 9 heavy (non-hydrogen) atoms. The van der Waals surface area contributed by atoms with Crippen LogP contribution >= 0.6 is 0 Å². The van der Waals surface area contributed by atoms with Crippen molar-refractivity contribution >= 4 is 10.5 Å². The van der Waals surface area contributed by atoms with E-state index in [1.165, 1.54) is 5.57 Å². The summed E-state index contributed by atoms with van der Waals surface area (Å²) in [5, 5.41) is 0. The van der Waals surface area contributed by atoms with Crippen LogP contribution in [-0.2, 0) is 9.16 Å². The van der Waals surface area contributed by atoms with Crippen molar-refractivity contribution in [3.63, 3.8) is 0 Å². The molecular formula is C6H14O2Si. The van der Waals surface area contributed by atoms with Gasteiger partial charge in [0.05, 0.1) is 0 Å². The smallest absolute Gasteiger partial charge is 0.203 e. The van der Waals surface area contributed by atoms with Gasteiger partial charge in [-0.1, -0.05) is 0 Å². The SMILES string of the molecule is COCC(O[SiH3])=C(C)C. The van der Waals surface area contributed by atoms with E-state index in [1.54, 1.807) is 7.11 Å². The molecule has 0 aromatic carbocycles. The monoisotopic (exact) mass is 146 g/mol. The molecule has 0 spiro atoms. The number of methoxy groups -OCH3 is 1. The highest BCUT2D eigenvalue weighted by atomic mass is 28.2. The van der Waals surface area contributed by atoms with Gasteiger partial charge in [0.2, 0.25) is 10.5 Å². The van der Waals surface area contributed by atoms with Crippen molar-refractivity contribution in [3.8, 4) is 0 Å². The Labute approximate surface area is 59.4 Å². The van der Waals surface area contributed by atoms with Gasteiger partial charge in [-0.05, 0) is 19.4 Å². The van der Waals surface area contributed by atoms with Crippen LogP contribution in [0.1, 0.15) is 13.8 Å². The number of allylic oxidation sites excluding steroid dienone is 1. The molecule has 0 fully saturated rings. The van der Waals surface area contributed by atoms with Gasteiger partial charge in [0.15, 0.2) is 0 Å². The maximum absolute atomic E-state index is 5.15. The molecule has 0 atom stereocenters. The third-order valence-electron chi connectivity index (χ3n) is 1.08. The molecule has 0 amide bonds. The Morgan fingerprint density at radius 1 is 1.44 bits per heavy atom. The minimum Gasteiger partial charge on any atom is -0.554 e. The van der Waals surface area contributed by atoms with Gasteiger partial charge in [-0.2, -0.15) is 0 Å². The second-order valence-electron chi connectivity index (χ2n) is 2.06. The third kappa shape index (κ3) is 3.32. The number of hydrogen-bond donors (Lipinski definition) is 0. The maximum atomic E-state index is 5.15. The van der Waals surface area contributed by atoms with E-state index in [1.807, 2.05) is 13.8 Å². The van der Waals surface area contributed by atoms with Gasteiger partial charge in [0.25, 0.3) is 0 Å². The fourth-order valence-electron chi connectivity index (χ4n) is 0.538. The lowest BCUT2D eigenvalue weighted by atomic mass is 10.3. The van der Waals surface area contributed by atoms with Crippen molar-refractivity contribution < 1.29 is 9.16 Å². The molecule has 0 aromatic rings. The van der Waals surface area contributed by atoms with E-state index in [9.17, 15) is 0 Å². The summed E-state index contributed by atoms with van der Waals surface area (Å²) in [5.74, 6) is 0.976. The Morgan fingerprint density at radius 2 is 2.00 bits per heavy atom. The zero-order chi connectivity index (χ0) is 7.28. The Kier molecular flexibility index (Phi) is 4.44.